The Balaban J connectivity index is 1.66. The summed E-state index contributed by atoms with van der Waals surface area (Å²) in [6.07, 6.45) is 9.40. The van der Waals surface area contributed by atoms with E-state index in [1.54, 1.807) is 0 Å². The van der Waals surface area contributed by atoms with Gasteiger partial charge in [-0.05, 0) is 43.1 Å². The van der Waals surface area contributed by atoms with Crippen LogP contribution in [0.4, 0.5) is 0 Å². The summed E-state index contributed by atoms with van der Waals surface area (Å²) in [6.45, 7) is 0. The number of thiol groups is 1. The Labute approximate surface area is 116 Å². The SMILES string of the molecule is ClC1=C2CCC3(CCCC3)CC2NC2=C[SH]=NN21. The highest BCUT2D eigenvalue weighted by Crippen LogP contribution is 2.52. The summed E-state index contributed by atoms with van der Waals surface area (Å²) in [4.78, 5) is 0. The molecular formula is C13H18ClN3S. The van der Waals surface area contributed by atoms with Gasteiger partial charge in [0.15, 0.2) is 0 Å². The second-order valence-electron chi connectivity index (χ2n) is 5.96. The first-order chi connectivity index (χ1) is 8.77. The Morgan fingerprint density at radius 2 is 2.22 bits per heavy atom. The molecule has 18 heavy (non-hydrogen) atoms. The van der Waals surface area contributed by atoms with Crippen LogP contribution in [-0.2, 0) is 11.6 Å². The molecule has 1 N–H and O–H groups in total. The van der Waals surface area contributed by atoms with Gasteiger partial charge in [-0.25, -0.2) is 0 Å². The summed E-state index contributed by atoms with van der Waals surface area (Å²) in [5.41, 5.74) is 1.99. The molecule has 0 amide bonds. The van der Waals surface area contributed by atoms with Crippen LogP contribution in [0.25, 0.3) is 0 Å². The number of hydrogen-bond acceptors (Lipinski definition) is 3. The van der Waals surface area contributed by atoms with Crippen LogP contribution in [-0.4, -0.2) is 11.1 Å². The van der Waals surface area contributed by atoms with Crippen molar-refractivity contribution in [2.45, 2.75) is 51.0 Å². The molecule has 4 rings (SSSR count). The Morgan fingerprint density at radius 3 is 3.06 bits per heavy atom. The molecule has 2 saturated carbocycles. The third-order valence-electron chi connectivity index (χ3n) is 4.97. The molecule has 5 heteroatoms. The van der Waals surface area contributed by atoms with Gasteiger partial charge in [-0.2, -0.15) is 5.01 Å². The number of hydrogen-bond donors (Lipinski definition) is 2. The highest BCUT2D eigenvalue weighted by Gasteiger charge is 2.44. The molecule has 0 aromatic rings. The molecule has 1 atom stereocenters. The van der Waals surface area contributed by atoms with Crippen LogP contribution in [0.1, 0.15) is 44.9 Å². The molecule has 1 unspecified atom stereocenters. The van der Waals surface area contributed by atoms with Crippen molar-refractivity contribution in [1.82, 2.24) is 10.3 Å². The highest BCUT2D eigenvalue weighted by atomic mass is 35.5. The van der Waals surface area contributed by atoms with Gasteiger partial charge in [-0.3, -0.25) is 0 Å². The van der Waals surface area contributed by atoms with Crippen LogP contribution in [0.15, 0.2) is 26.4 Å². The van der Waals surface area contributed by atoms with E-state index in [0.29, 0.717) is 11.5 Å². The summed E-state index contributed by atoms with van der Waals surface area (Å²) < 4.78 is 4.38. The third kappa shape index (κ3) is 1.58. The molecule has 4 aliphatic rings. The Morgan fingerprint density at radius 1 is 1.39 bits per heavy atom. The van der Waals surface area contributed by atoms with E-state index in [-0.39, 0.29) is 0 Å². The minimum atomic E-state index is 0.454. The van der Waals surface area contributed by atoms with Crippen molar-refractivity contribution >= 4 is 23.2 Å². The van der Waals surface area contributed by atoms with Gasteiger partial charge in [0.1, 0.15) is 11.0 Å². The van der Waals surface area contributed by atoms with Crippen molar-refractivity contribution in [2.75, 3.05) is 0 Å². The molecule has 0 aromatic heterocycles. The smallest absolute Gasteiger partial charge is 0.137 e. The molecule has 2 aliphatic carbocycles. The summed E-state index contributed by atoms with van der Waals surface area (Å²) in [6, 6.07) is 0.454. The quantitative estimate of drug-likeness (QED) is 0.528. The third-order valence-corrected chi connectivity index (χ3v) is 6.01. The summed E-state index contributed by atoms with van der Waals surface area (Å²) >= 11 is 7.50. The molecular weight excluding hydrogens is 266 g/mol. The first-order valence-electron chi connectivity index (χ1n) is 6.84. The molecule has 98 valence electrons. The molecule has 2 fully saturated rings. The number of nitrogens with zero attached hydrogens (tertiary/aromatic N) is 2. The minimum absolute atomic E-state index is 0.454. The normalized spacial score (nSPS) is 32.8. The number of fused-ring (bicyclic) bond motifs is 2. The van der Waals surface area contributed by atoms with Gasteiger partial charge in [-0.15, -0.1) is 4.47 Å². The minimum Gasteiger partial charge on any atom is -0.363 e. The van der Waals surface area contributed by atoms with Crippen LogP contribution in [0.2, 0.25) is 0 Å². The highest BCUT2D eigenvalue weighted by molar-refractivity contribution is 7.71. The number of rotatable bonds is 0. The van der Waals surface area contributed by atoms with Crippen LogP contribution >= 0.6 is 11.6 Å². The first kappa shape index (κ1) is 11.4. The molecule has 0 bridgehead atoms. The summed E-state index contributed by atoms with van der Waals surface area (Å²) in [7, 11) is 0. The fourth-order valence-electron chi connectivity index (χ4n) is 3.99. The van der Waals surface area contributed by atoms with Gasteiger partial charge in [0, 0.05) is 5.41 Å². The predicted octanol–water partition coefficient (Wildman–Crippen LogP) is 3.18. The fourth-order valence-corrected chi connectivity index (χ4v) is 5.03. The second-order valence-corrected chi connectivity index (χ2v) is 6.98. The molecule has 3 nitrogen and oxygen atoms in total. The van der Waals surface area contributed by atoms with E-state index in [1.807, 2.05) is 5.01 Å². The van der Waals surface area contributed by atoms with Crippen molar-refractivity contribution in [3.63, 3.8) is 0 Å². The zero-order valence-electron chi connectivity index (χ0n) is 10.3. The summed E-state index contributed by atoms with van der Waals surface area (Å²) in [5, 5.41) is 8.49. The topological polar surface area (TPSA) is 27.6 Å². The van der Waals surface area contributed by atoms with E-state index in [4.69, 9.17) is 11.6 Å². The van der Waals surface area contributed by atoms with Crippen molar-refractivity contribution in [3.05, 3.63) is 22.0 Å². The first-order valence-corrected chi connectivity index (χ1v) is 8.13. The van der Waals surface area contributed by atoms with E-state index in [1.165, 1.54) is 44.1 Å². The molecule has 1 spiro atoms. The monoisotopic (exact) mass is 283 g/mol. The van der Waals surface area contributed by atoms with Crippen molar-refractivity contribution < 1.29 is 0 Å². The van der Waals surface area contributed by atoms with Crippen molar-refractivity contribution in [3.8, 4) is 0 Å². The van der Waals surface area contributed by atoms with Crippen LogP contribution in [0.5, 0.6) is 0 Å². The van der Waals surface area contributed by atoms with E-state index in [0.717, 1.165) is 29.0 Å². The lowest BCUT2D eigenvalue weighted by Gasteiger charge is -2.44. The number of halogens is 1. The number of nitrogens with one attached hydrogen (secondary N) is 1. The molecule has 0 aromatic carbocycles. The van der Waals surface area contributed by atoms with Gasteiger partial charge in [-0.1, -0.05) is 36.0 Å². The molecule has 2 heterocycles. The van der Waals surface area contributed by atoms with Gasteiger partial charge < -0.3 is 5.32 Å². The van der Waals surface area contributed by atoms with E-state index >= 15 is 0 Å². The zero-order valence-corrected chi connectivity index (χ0v) is 12.0. The Bertz CT molecular complexity index is 477. The van der Waals surface area contributed by atoms with Gasteiger partial charge in [0.05, 0.1) is 6.04 Å². The maximum absolute atomic E-state index is 6.51. The van der Waals surface area contributed by atoms with Crippen molar-refractivity contribution in [2.24, 2.45) is 9.89 Å². The Hall–Kier alpha value is -0.480. The van der Waals surface area contributed by atoms with Crippen LogP contribution in [0, 0.1) is 5.41 Å². The molecule has 2 aliphatic heterocycles. The van der Waals surface area contributed by atoms with Gasteiger partial charge in [0.2, 0.25) is 0 Å². The van der Waals surface area contributed by atoms with Gasteiger partial charge in [0.25, 0.3) is 0 Å². The van der Waals surface area contributed by atoms with Gasteiger partial charge >= 0.3 is 0 Å². The lowest BCUT2D eigenvalue weighted by molar-refractivity contribution is 0.184. The molecule has 0 radical (unpaired) electrons. The van der Waals surface area contributed by atoms with E-state index in [9.17, 15) is 0 Å². The average Bonchev–Trinajstić information content (AvgIpc) is 2.99. The predicted molar refractivity (Wildman–Crippen MR) is 75.7 cm³/mol. The fraction of sp³-hybridized carbons (Fsp3) is 0.692. The largest absolute Gasteiger partial charge is 0.363 e. The lowest BCUT2D eigenvalue weighted by Crippen LogP contribution is -2.46. The van der Waals surface area contributed by atoms with Crippen LogP contribution in [0.3, 0.4) is 0 Å². The Kier molecular flexibility index (Phi) is 2.53. The second kappa shape index (κ2) is 4.01. The maximum atomic E-state index is 6.51. The standard InChI is InChI=1S/C13H18ClN3S/c14-12-9-3-6-13(4-1-2-5-13)7-10(9)15-11-8-18-16-17(11)12/h8,10,15,18H,1-7H2. The van der Waals surface area contributed by atoms with Crippen LogP contribution < -0.4 is 5.32 Å². The maximum Gasteiger partial charge on any atom is 0.137 e. The zero-order chi connectivity index (χ0) is 12.2. The average molecular weight is 284 g/mol. The van der Waals surface area contributed by atoms with E-state index in [2.05, 4.69) is 15.2 Å². The van der Waals surface area contributed by atoms with Crippen molar-refractivity contribution in [1.29, 1.82) is 0 Å². The van der Waals surface area contributed by atoms with E-state index < -0.39 is 0 Å². The summed E-state index contributed by atoms with van der Waals surface area (Å²) in [5.74, 6) is 1.09. The lowest BCUT2D eigenvalue weighted by atomic mass is 9.69. The molecule has 0 saturated heterocycles.